The Morgan fingerprint density at radius 2 is 1.76 bits per heavy atom. The van der Waals surface area contributed by atoms with Crippen molar-refractivity contribution in [1.29, 1.82) is 0 Å². The molecule has 1 aromatic heterocycles. The quantitative estimate of drug-likeness (QED) is 0.877. The third-order valence-corrected chi connectivity index (χ3v) is 2.98. The van der Waals surface area contributed by atoms with Crippen molar-refractivity contribution in [3.05, 3.63) is 36.4 Å². The number of methoxy groups -OCH3 is 2. The van der Waals surface area contributed by atoms with E-state index >= 15 is 0 Å². The van der Waals surface area contributed by atoms with Crippen LogP contribution in [0.3, 0.4) is 0 Å². The van der Waals surface area contributed by atoms with Crippen LogP contribution in [0.2, 0.25) is 0 Å². The van der Waals surface area contributed by atoms with Crippen molar-refractivity contribution >= 4 is 5.97 Å². The van der Waals surface area contributed by atoms with Gasteiger partial charge in [0, 0.05) is 24.4 Å². The lowest BCUT2D eigenvalue weighted by Gasteiger charge is -2.09. The van der Waals surface area contributed by atoms with E-state index in [9.17, 15) is 4.79 Å². The lowest BCUT2D eigenvalue weighted by atomic mass is 10.1. The van der Waals surface area contributed by atoms with Gasteiger partial charge in [-0.2, -0.15) is 0 Å². The second-order valence-electron chi connectivity index (χ2n) is 4.35. The van der Waals surface area contributed by atoms with Gasteiger partial charge < -0.3 is 14.6 Å². The van der Waals surface area contributed by atoms with E-state index < -0.39 is 5.97 Å². The van der Waals surface area contributed by atoms with E-state index in [1.54, 1.807) is 26.6 Å². The topological polar surface area (TPSA) is 81.5 Å². The molecule has 0 radical (unpaired) electrons. The molecule has 2 rings (SSSR count). The third kappa shape index (κ3) is 3.68. The van der Waals surface area contributed by atoms with Crippen LogP contribution in [0.25, 0.3) is 11.1 Å². The number of aromatic nitrogens is 2. The van der Waals surface area contributed by atoms with Gasteiger partial charge in [-0.05, 0) is 17.7 Å². The van der Waals surface area contributed by atoms with Crippen LogP contribution in [0, 0.1) is 0 Å². The average molecular weight is 288 g/mol. The highest BCUT2D eigenvalue weighted by atomic mass is 16.5. The molecule has 0 amide bonds. The Morgan fingerprint density at radius 1 is 1.10 bits per heavy atom. The number of hydrogen-bond acceptors (Lipinski definition) is 5. The summed E-state index contributed by atoms with van der Waals surface area (Å²) in [5, 5.41) is 8.63. The monoisotopic (exact) mass is 288 g/mol. The van der Waals surface area contributed by atoms with Gasteiger partial charge in [0.1, 0.15) is 5.82 Å². The molecule has 0 aliphatic heterocycles. The molecule has 0 saturated heterocycles. The maximum absolute atomic E-state index is 10.5. The fraction of sp³-hybridized carbons (Fsp3) is 0.267. The summed E-state index contributed by atoms with van der Waals surface area (Å²) < 4.78 is 10.4. The van der Waals surface area contributed by atoms with Crippen LogP contribution in [0.4, 0.5) is 0 Å². The molecule has 0 atom stereocenters. The van der Waals surface area contributed by atoms with Gasteiger partial charge in [-0.15, -0.1) is 0 Å². The molecular formula is C15H16N2O4. The highest BCUT2D eigenvalue weighted by Crippen LogP contribution is 2.31. The first-order chi connectivity index (χ1) is 10.1. The van der Waals surface area contributed by atoms with Crippen molar-refractivity contribution < 1.29 is 19.4 Å². The molecule has 21 heavy (non-hydrogen) atoms. The van der Waals surface area contributed by atoms with Crippen molar-refractivity contribution in [2.24, 2.45) is 0 Å². The zero-order valence-electron chi connectivity index (χ0n) is 11.9. The molecule has 0 spiro atoms. The molecular weight excluding hydrogens is 272 g/mol. The van der Waals surface area contributed by atoms with E-state index in [2.05, 4.69) is 9.97 Å². The fourth-order valence-electron chi connectivity index (χ4n) is 1.87. The molecule has 6 heteroatoms. The highest BCUT2D eigenvalue weighted by Gasteiger charge is 2.07. The number of aryl methyl sites for hydroxylation is 1. The van der Waals surface area contributed by atoms with Crippen molar-refractivity contribution in [3.63, 3.8) is 0 Å². The lowest BCUT2D eigenvalue weighted by Crippen LogP contribution is -2.01. The third-order valence-electron chi connectivity index (χ3n) is 2.98. The number of carboxylic acids is 1. The van der Waals surface area contributed by atoms with Crippen LogP contribution in [-0.2, 0) is 11.2 Å². The fourth-order valence-corrected chi connectivity index (χ4v) is 1.87. The van der Waals surface area contributed by atoms with Gasteiger partial charge in [0.2, 0.25) is 0 Å². The molecule has 0 aliphatic carbocycles. The maximum Gasteiger partial charge on any atom is 0.303 e. The Hall–Kier alpha value is -2.63. The van der Waals surface area contributed by atoms with Gasteiger partial charge in [0.25, 0.3) is 0 Å². The molecule has 1 heterocycles. The number of carboxylic acid groups (broad SMARTS) is 1. The number of rotatable bonds is 6. The molecule has 2 aromatic rings. The molecule has 0 unspecified atom stereocenters. The Bertz CT molecular complexity index is 626. The van der Waals surface area contributed by atoms with Crippen LogP contribution >= 0.6 is 0 Å². The van der Waals surface area contributed by atoms with Crippen LogP contribution in [0.15, 0.2) is 30.6 Å². The van der Waals surface area contributed by atoms with Gasteiger partial charge in [-0.25, -0.2) is 9.97 Å². The van der Waals surface area contributed by atoms with E-state index in [-0.39, 0.29) is 6.42 Å². The average Bonchev–Trinajstić information content (AvgIpc) is 2.52. The normalized spacial score (nSPS) is 10.2. The Labute approximate surface area is 122 Å². The van der Waals surface area contributed by atoms with Gasteiger partial charge in [0.15, 0.2) is 11.5 Å². The van der Waals surface area contributed by atoms with Crippen molar-refractivity contribution in [3.8, 4) is 22.6 Å². The summed E-state index contributed by atoms with van der Waals surface area (Å²) in [6, 6.07) is 5.54. The molecule has 110 valence electrons. The molecule has 0 fully saturated rings. The summed E-state index contributed by atoms with van der Waals surface area (Å²) in [5.74, 6) is 0.939. The van der Waals surface area contributed by atoms with E-state index in [4.69, 9.17) is 14.6 Å². The van der Waals surface area contributed by atoms with Crippen molar-refractivity contribution in [2.75, 3.05) is 14.2 Å². The Morgan fingerprint density at radius 3 is 2.33 bits per heavy atom. The minimum absolute atomic E-state index is 0.0235. The number of ether oxygens (including phenoxy) is 2. The highest BCUT2D eigenvalue weighted by molar-refractivity contribution is 5.67. The van der Waals surface area contributed by atoms with Crippen LogP contribution in [-0.4, -0.2) is 35.3 Å². The number of nitrogens with zero attached hydrogens (tertiary/aromatic N) is 2. The first kappa shape index (κ1) is 14.8. The van der Waals surface area contributed by atoms with Gasteiger partial charge in [-0.3, -0.25) is 4.79 Å². The Kier molecular flexibility index (Phi) is 4.71. The zero-order chi connectivity index (χ0) is 15.2. The van der Waals surface area contributed by atoms with E-state index in [1.807, 2.05) is 18.2 Å². The smallest absolute Gasteiger partial charge is 0.303 e. The SMILES string of the molecule is COc1ccc(-c2cnc(CCC(=O)O)nc2)cc1OC. The maximum atomic E-state index is 10.5. The summed E-state index contributed by atoms with van der Waals surface area (Å²) in [6.07, 6.45) is 3.69. The van der Waals surface area contributed by atoms with Gasteiger partial charge in [0.05, 0.1) is 20.6 Å². The summed E-state index contributed by atoms with van der Waals surface area (Å²) >= 11 is 0. The van der Waals surface area contributed by atoms with Crippen LogP contribution < -0.4 is 9.47 Å². The summed E-state index contributed by atoms with van der Waals surface area (Å²) in [5.41, 5.74) is 1.73. The summed E-state index contributed by atoms with van der Waals surface area (Å²) in [6.45, 7) is 0. The molecule has 0 saturated carbocycles. The standard InChI is InChI=1S/C15H16N2O4/c1-20-12-4-3-10(7-13(12)21-2)11-8-16-14(17-9-11)5-6-15(18)19/h3-4,7-9H,5-6H2,1-2H3,(H,18,19). The van der Waals surface area contributed by atoms with E-state index in [0.29, 0.717) is 23.7 Å². The predicted octanol–water partition coefficient (Wildman–Crippen LogP) is 2.18. The number of benzene rings is 1. The van der Waals surface area contributed by atoms with Crippen LogP contribution in [0.5, 0.6) is 11.5 Å². The number of hydrogen-bond donors (Lipinski definition) is 1. The molecule has 0 aliphatic rings. The summed E-state index contributed by atoms with van der Waals surface area (Å²) in [7, 11) is 3.16. The number of carbonyl (C=O) groups is 1. The first-order valence-electron chi connectivity index (χ1n) is 6.39. The van der Waals surface area contributed by atoms with E-state index in [0.717, 1.165) is 11.1 Å². The lowest BCUT2D eigenvalue weighted by molar-refractivity contribution is -0.137. The summed E-state index contributed by atoms with van der Waals surface area (Å²) in [4.78, 5) is 18.9. The van der Waals surface area contributed by atoms with Crippen molar-refractivity contribution in [1.82, 2.24) is 9.97 Å². The molecule has 0 bridgehead atoms. The van der Waals surface area contributed by atoms with Gasteiger partial charge in [-0.1, -0.05) is 6.07 Å². The number of aliphatic carboxylic acids is 1. The predicted molar refractivity (Wildman–Crippen MR) is 76.5 cm³/mol. The Balaban J connectivity index is 2.20. The molecule has 1 aromatic carbocycles. The molecule has 6 nitrogen and oxygen atoms in total. The van der Waals surface area contributed by atoms with Gasteiger partial charge >= 0.3 is 5.97 Å². The first-order valence-corrected chi connectivity index (χ1v) is 6.39. The minimum Gasteiger partial charge on any atom is -0.493 e. The second kappa shape index (κ2) is 6.69. The zero-order valence-corrected chi connectivity index (χ0v) is 11.9. The van der Waals surface area contributed by atoms with Crippen LogP contribution in [0.1, 0.15) is 12.2 Å². The second-order valence-corrected chi connectivity index (χ2v) is 4.35. The largest absolute Gasteiger partial charge is 0.493 e. The van der Waals surface area contributed by atoms with E-state index in [1.165, 1.54) is 0 Å². The van der Waals surface area contributed by atoms with Crippen molar-refractivity contribution in [2.45, 2.75) is 12.8 Å². The minimum atomic E-state index is -0.859. The molecule has 1 N–H and O–H groups in total.